The Balaban J connectivity index is -0.00000000699. The molecule has 0 heterocycles. The molecule has 0 aromatic rings. The van der Waals surface area contributed by atoms with Gasteiger partial charge in [-0.05, 0) is 33.8 Å². The van der Waals surface area contributed by atoms with Crippen LogP contribution in [0.25, 0.3) is 0 Å². The van der Waals surface area contributed by atoms with E-state index in [2.05, 4.69) is 67.2 Å². The molecule has 0 aromatic carbocycles. The highest BCUT2D eigenvalue weighted by molar-refractivity contribution is 5.33. The highest BCUT2D eigenvalue weighted by Crippen LogP contribution is 1.65. The van der Waals surface area contributed by atoms with Crippen LogP contribution in [0.1, 0.15) is 39.4 Å². The van der Waals surface area contributed by atoms with E-state index in [0.717, 1.165) is 0 Å². The summed E-state index contributed by atoms with van der Waals surface area (Å²) in [5, 5.41) is 21.4. The van der Waals surface area contributed by atoms with E-state index >= 15 is 0 Å². The van der Waals surface area contributed by atoms with Gasteiger partial charge in [0.25, 0.3) is 0 Å². The lowest BCUT2D eigenvalue weighted by atomic mass is 10.6. The molecule has 0 rings (SSSR count). The lowest BCUT2D eigenvalue weighted by molar-refractivity contribution is -0.458. The van der Waals surface area contributed by atoms with E-state index in [1.807, 2.05) is 12.2 Å². The summed E-state index contributed by atoms with van der Waals surface area (Å²) in [6.07, 6.45) is 13.3. The third kappa shape index (κ3) is 100. The fourth-order valence-electron chi connectivity index (χ4n) is 0.265. The Morgan fingerprint density at radius 3 is 1.16 bits per heavy atom. The number of carbonyl (C=O) groups excluding carboxylic acids is 2. The number of terminal acetylenes is 2. The molecule has 4 N–H and O–H groups in total. The number of hydrogen-bond acceptors (Lipinski definition) is 8. The van der Waals surface area contributed by atoms with Gasteiger partial charge in [-0.25, -0.2) is 10.5 Å². The molecule has 0 spiro atoms. The summed E-state index contributed by atoms with van der Waals surface area (Å²) in [6, 6.07) is 0. The van der Waals surface area contributed by atoms with Crippen molar-refractivity contribution in [3.8, 4) is 72.4 Å². The van der Waals surface area contributed by atoms with Crippen LogP contribution in [-0.2, 0) is 29.4 Å². The van der Waals surface area contributed by atoms with Crippen LogP contribution in [0.15, 0.2) is 0 Å². The summed E-state index contributed by atoms with van der Waals surface area (Å²) >= 11 is 0. The first kappa shape index (κ1) is 42.9. The molecule has 25 heavy (non-hydrogen) atoms. The molecular weight excluding hydrogens is 336 g/mol. The zero-order valence-electron chi connectivity index (χ0n) is 10.5. The van der Waals surface area contributed by atoms with Crippen molar-refractivity contribution < 1.29 is 62.6 Å². The predicted octanol–water partition coefficient (Wildman–Crippen LogP) is 3.46. The van der Waals surface area contributed by atoms with E-state index in [4.69, 9.17) is 33.0 Å². The molecule has 9 heteroatoms. The molecule has 0 aliphatic carbocycles. The van der Waals surface area contributed by atoms with Gasteiger partial charge in [0, 0.05) is 40.8 Å². The summed E-state index contributed by atoms with van der Waals surface area (Å²) in [5.74, 6) is 17.1. The van der Waals surface area contributed by atoms with E-state index in [-0.39, 0.29) is 51.0 Å². The molecule has 0 aromatic heterocycles. The first-order valence-electron chi connectivity index (χ1n) is 4.09. The van der Waals surface area contributed by atoms with Crippen LogP contribution in [0.4, 0.5) is 0 Å². The average Bonchev–Trinajstić information content (AvgIpc) is 2.49. The van der Waals surface area contributed by atoms with E-state index in [0.29, 0.717) is 0 Å². The van der Waals surface area contributed by atoms with E-state index < -0.39 is 0 Å². The highest BCUT2D eigenvalue weighted by atomic mass is 17.5. The largest absolute Gasteiger partial charge is 0.412 e. The van der Waals surface area contributed by atoms with Crippen molar-refractivity contribution in [1.82, 2.24) is 0 Å². The molecule has 0 fully saturated rings. The minimum absolute atomic E-state index is 0. The molecule has 0 saturated carbocycles. The summed E-state index contributed by atoms with van der Waals surface area (Å²) in [7, 11) is 0. The van der Waals surface area contributed by atoms with Crippen molar-refractivity contribution in [2.24, 2.45) is 0 Å². The third-order valence-electron chi connectivity index (χ3n) is 0.654. The molecule has 0 atom stereocenters. The first-order valence-corrected chi connectivity index (χ1v) is 4.09. The van der Waals surface area contributed by atoms with Gasteiger partial charge in [-0.1, -0.05) is 22.3 Å². The van der Waals surface area contributed by atoms with Gasteiger partial charge in [-0.3, -0.25) is 9.78 Å². The van der Waals surface area contributed by atoms with Crippen molar-refractivity contribution in [2.75, 3.05) is 0 Å². The van der Waals surface area contributed by atoms with Gasteiger partial charge in [0.1, 0.15) is 0 Å². The third-order valence-corrected chi connectivity index (χ3v) is 0.654. The average molecular weight is 379 g/mol. The van der Waals surface area contributed by atoms with Gasteiger partial charge in [0.15, 0.2) is 12.2 Å². The Labute approximate surface area is 165 Å². The standard InChI is InChI=1S/C6H2O6.C6H2.CO2.3CH4.H2O.12H2/c7-11-9-5-3-1-2-4-6-10-12-8;1-3-5-6-4-2;2-1-3;;;;;;;;;;;;;;;;/h7-8H;1-2H;;3*1H4;1H2;12*1H. The zero-order chi connectivity index (χ0) is 16.6. The molecule has 0 amide bonds. The van der Waals surface area contributed by atoms with Gasteiger partial charge in [-0.2, -0.15) is 9.59 Å². The first-order chi connectivity index (χ1) is 10.2. The highest BCUT2D eigenvalue weighted by Gasteiger charge is 1.66. The molecule has 0 aliphatic rings. The second kappa shape index (κ2) is 59.5. The van der Waals surface area contributed by atoms with Crippen LogP contribution >= 0.6 is 0 Å². The molecule has 0 aliphatic heterocycles. The van der Waals surface area contributed by atoms with Crippen LogP contribution in [0.5, 0.6) is 0 Å². The Kier molecular flexibility index (Phi) is 102. The fourth-order valence-corrected chi connectivity index (χ4v) is 0.265. The molecule has 160 valence electrons. The van der Waals surface area contributed by atoms with E-state index in [1.54, 1.807) is 0 Å². The fraction of sp³-hybridized carbons (Fsp3) is 0.188. The quantitative estimate of drug-likeness (QED) is 0.422. The molecule has 0 radical (unpaired) electrons. The number of hydrogen-bond donors (Lipinski definition) is 2. The lowest BCUT2D eigenvalue weighted by Crippen LogP contribution is -1.76. The Morgan fingerprint density at radius 1 is 0.680 bits per heavy atom. The van der Waals surface area contributed by atoms with E-state index in [1.165, 1.54) is 0 Å². The topological polar surface area (TPSA) is 143 Å². The van der Waals surface area contributed by atoms with Crippen LogP contribution in [0.2, 0.25) is 0 Å². The number of rotatable bonds is 2. The zero-order valence-corrected chi connectivity index (χ0v) is 10.5. The summed E-state index contributed by atoms with van der Waals surface area (Å²) < 4.78 is 0. The summed E-state index contributed by atoms with van der Waals surface area (Å²) in [5.41, 5.74) is 0. The van der Waals surface area contributed by atoms with Crippen molar-refractivity contribution in [3.05, 3.63) is 0 Å². The molecule has 0 unspecified atom stereocenters. The minimum Gasteiger partial charge on any atom is -0.412 e. The monoisotopic (exact) mass is 378 g/mol. The summed E-state index contributed by atoms with van der Waals surface area (Å²) in [4.78, 5) is 23.7. The SMILES string of the molecule is C.C.C.C#CC#CC#C.O.O=C=O.OOOC#CC#CC#COOO.[HH].[HH].[HH].[HH].[HH].[HH].[HH].[HH].[HH].[HH].[HH].[HH]. The minimum atomic E-state index is 0. The molecule has 0 saturated heterocycles. The van der Waals surface area contributed by atoms with Crippen LogP contribution in [0, 0.1) is 72.4 Å². The van der Waals surface area contributed by atoms with Gasteiger partial charge in [0.05, 0.1) is 0 Å². The Morgan fingerprint density at radius 2 is 0.960 bits per heavy atom. The van der Waals surface area contributed by atoms with Gasteiger partial charge in [-0.15, -0.1) is 12.8 Å². The van der Waals surface area contributed by atoms with Crippen LogP contribution in [-0.4, -0.2) is 22.1 Å². The second-order valence-corrected chi connectivity index (χ2v) is 1.64. The van der Waals surface area contributed by atoms with Crippen LogP contribution in [0.3, 0.4) is 0 Å². The van der Waals surface area contributed by atoms with Gasteiger partial charge in [0.2, 0.25) is 0 Å². The van der Waals surface area contributed by atoms with Crippen LogP contribution < -0.4 is 0 Å². The maximum Gasteiger partial charge on any atom is 0.373 e. The Bertz CT molecular complexity index is 605. The smallest absolute Gasteiger partial charge is 0.373 e. The van der Waals surface area contributed by atoms with Gasteiger partial charge >= 0.3 is 6.15 Å². The van der Waals surface area contributed by atoms with E-state index in [9.17, 15) is 0 Å². The summed E-state index contributed by atoms with van der Waals surface area (Å²) in [6.45, 7) is 0. The Hall–Kier alpha value is -3.86. The second-order valence-electron chi connectivity index (χ2n) is 1.64. The van der Waals surface area contributed by atoms with Crippen molar-refractivity contribution in [3.63, 3.8) is 0 Å². The van der Waals surface area contributed by atoms with Gasteiger partial charge < -0.3 is 5.48 Å². The molecule has 0 bridgehead atoms. The lowest BCUT2D eigenvalue weighted by Gasteiger charge is -1.77. The molecular formula is C16H42O9. The van der Waals surface area contributed by atoms with Crippen molar-refractivity contribution in [1.29, 1.82) is 0 Å². The maximum absolute atomic E-state index is 8.12. The predicted molar refractivity (Wildman–Crippen MR) is 113 cm³/mol. The molecule has 9 nitrogen and oxygen atoms in total. The van der Waals surface area contributed by atoms with Crippen molar-refractivity contribution >= 4 is 6.15 Å². The van der Waals surface area contributed by atoms with Crippen molar-refractivity contribution in [2.45, 2.75) is 22.3 Å². The maximum atomic E-state index is 8.12. The normalized spacial score (nSPS) is 3.84.